The summed E-state index contributed by atoms with van der Waals surface area (Å²) in [6.45, 7) is 6.87. The van der Waals surface area contributed by atoms with Crippen LogP contribution in [0.3, 0.4) is 0 Å². The second-order valence-corrected chi connectivity index (χ2v) is 7.05. The van der Waals surface area contributed by atoms with Gasteiger partial charge in [-0.1, -0.05) is 20.8 Å². The van der Waals surface area contributed by atoms with Gasteiger partial charge in [0.2, 0.25) is 0 Å². The Kier molecular flexibility index (Phi) is 2.86. The van der Waals surface area contributed by atoms with Gasteiger partial charge >= 0.3 is 5.97 Å². The molecule has 3 rings (SSSR count). The van der Waals surface area contributed by atoms with Crippen LogP contribution in [-0.4, -0.2) is 17.2 Å². The number of phenolic OH excluding ortho intramolecular Hbond substituents is 1. The maximum absolute atomic E-state index is 12.2. The highest BCUT2D eigenvalue weighted by atomic mass is 16.5. The van der Waals surface area contributed by atoms with E-state index < -0.39 is 0 Å². The van der Waals surface area contributed by atoms with Gasteiger partial charge in [0.1, 0.15) is 11.9 Å². The fourth-order valence-electron chi connectivity index (χ4n) is 4.10. The number of carbonyl (C=O) groups is 1. The van der Waals surface area contributed by atoms with Gasteiger partial charge in [-0.25, -0.2) is 4.79 Å². The summed E-state index contributed by atoms with van der Waals surface area (Å²) in [6, 6.07) is 6.25. The number of rotatable bonds is 2. The summed E-state index contributed by atoms with van der Waals surface area (Å²) in [7, 11) is 0. The fourth-order valence-corrected chi connectivity index (χ4v) is 4.10. The zero-order valence-electron chi connectivity index (χ0n) is 12.3. The molecule has 0 heterocycles. The molecule has 0 radical (unpaired) electrons. The molecule has 3 nitrogen and oxygen atoms in total. The maximum Gasteiger partial charge on any atom is 0.338 e. The molecule has 0 spiro atoms. The van der Waals surface area contributed by atoms with Gasteiger partial charge in [-0.15, -0.1) is 0 Å². The van der Waals surface area contributed by atoms with Crippen molar-refractivity contribution >= 4 is 5.97 Å². The number of aromatic hydroxyl groups is 1. The number of phenols is 1. The fraction of sp³-hybridized carbons (Fsp3) is 0.588. The van der Waals surface area contributed by atoms with Crippen LogP contribution in [0.25, 0.3) is 0 Å². The molecule has 2 fully saturated rings. The molecular weight excluding hydrogens is 252 g/mol. The molecule has 2 bridgehead atoms. The molecule has 1 aromatic carbocycles. The van der Waals surface area contributed by atoms with Crippen LogP contribution in [0.1, 0.15) is 50.4 Å². The van der Waals surface area contributed by atoms with Crippen LogP contribution >= 0.6 is 0 Å². The molecule has 3 atom stereocenters. The normalized spacial score (nSPS) is 34.1. The van der Waals surface area contributed by atoms with Crippen LogP contribution in [0.5, 0.6) is 5.75 Å². The Morgan fingerprint density at radius 3 is 2.40 bits per heavy atom. The van der Waals surface area contributed by atoms with E-state index in [9.17, 15) is 9.90 Å². The molecular formula is C17H22O3. The van der Waals surface area contributed by atoms with Gasteiger partial charge in [0.25, 0.3) is 0 Å². The van der Waals surface area contributed by atoms with Gasteiger partial charge < -0.3 is 9.84 Å². The van der Waals surface area contributed by atoms with Crippen LogP contribution in [-0.2, 0) is 4.74 Å². The van der Waals surface area contributed by atoms with E-state index >= 15 is 0 Å². The van der Waals surface area contributed by atoms with Crippen molar-refractivity contribution in [1.29, 1.82) is 0 Å². The van der Waals surface area contributed by atoms with Crippen LogP contribution in [0.2, 0.25) is 0 Å². The second kappa shape index (κ2) is 4.24. The summed E-state index contributed by atoms with van der Waals surface area (Å²) in [5.74, 6) is 0.541. The number of benzene rings is 1. The lowest BCUT2D eigenvalue weighted by atomic mass is 9.70. The van der Waals surface area contributed by atoms with Crippen LogP contribution in [0, 0.1) is 16.7 Å². The molecule has 20 heavy (non-hydrogen) atoms. The number of ether oxygens (including phenoxy) is 1. The number of hydrogen-bond donors (Lipinski definition) is 1. The number of hydrogen-bond acceptors (Lipinski definition) is 3. The third-order valence-electron chi connectivity index (χ3n) is 6.07. The van der Waals surface area contributed by atoms with E-state index in [-0.39, 0.29) is 28.7 Å². The Balaban J connectivity index is 1.76. The number of carbonyl (C=O) groups excluding carboxylic acids is 1. The Morgan fingerprint density at radius 2 is 1.90 bits per heavy atom. The summed E-state index contributed by atoms with van der Waals surface area (Å²) in [5, 5.41) is 9.27. The molecule has 2 aliphatic rings. The summed E-state index contributed by atoms with van der Waals surface area (Å²) in [6.07, 6.45) is 3.37. The summed E-state index contributed by atoms with van der Waals surface area (Å²) in [5.41, 5.74) is 0.837. The van der Waals surface area contributed by atoms with E-state index in [1.165, 1.54) is 18.6 Å². The molecule has 2 saturated carbocycles. The van der Waals surface area contributed by atoms with Crippen LogP contribution < -0.4 is 0 Å². The molecule has 0 saturated heterocycles. The van der Waals surface area contributed by atoms with Gasteiger partial charge in [-0.2, -0.15) is 0 Å². The third kappa shape index (κ3) is 1.75. The zero-order chi connectivity index (χ0) is 14.5. The summed E-state index contributed by atoms with van der Waals surface area (Å²) >= 11 is 0. The predicted octanol–water partition coefficient (Wildman–Crippen LogP) is 3.76. The van der Waals surface area contributed by atoms with E-state index in [1.54, 1.807) is 12.1 Å². The lowest BCUT2D eigenvalue weighted by molar-refractivity contribution is -0.0242. The zero-order valence-corrected chi connectivity index (χ0v) is 12.3. The maximum atomic E-state index is 12.2. The topological polar surface area (TPSA) is 46.5 Å². The van der Waals surface area contributed by atoms with Crippen molar-refractivity contribution in [3.63, 3.8) is 0 Å². The Hall–Kier alpha value is -1.51. The van der Waals surface area contributed by atoms with Crippen molar-refractivity contribution < 1.29 is 14.6 Å². The average molecular weight is 274 g/mol. The van der Waals surface area contributed by atoms with Crippen molar-refractivity contribution in [3.8, 4) is 5.75 Å². The molecule has 0 aliphatic heterocycles. The highest BCUT2D eigenvalue weighted by molar-refractivity contribution is 5.89. The van der Waals surface area contributed by atoms with E-state index in [0.29, 0.717) is 11.5 Å². The molecule has 1 N–H and O–H groups in total. The van der Waals surface area contributed by atoms with Gasteiger partial charge in [0.15, 0.2) is 0 Å². The van der Waals surface area contributed by atoms with Gasteiger partial charge in [0.05, 0.1) is 5.56 Å². The first kappa shape index (κ1) is 13.5. The average Bonchev–Trinajstić information content (AvgIpc) is 2.72. The van der Waals surface area contributed by atoms with Crippen molar-refractivity contribution in [3.05, 3.63) is 29.8 Å². The van der Waals surface area contributed by atoms with Crippen LogP contribution in [0.4, 0.5) is 0 Å². The minimum absolute atomic E-state index is 0.0116. The SMILES string of the molecule is CC1(C)C2CC[C@@]1(C)C(OC(=O)c1ccc(O)cc1)C2. The smallest absolute Gasteiger partial charge is 0.338 e. The molecule has 0 amide bonds. The minimum Gasteiger partial charge on any atom is -0.508 e. The van der Waals surface area contributed by atoms with E-state index in [0.717, 1.165) is 12.8 Å². The monoisotopic (exact) mass is 274 g/mol. The minimum atomic E-state index is -0.278. The van der Waals surface area contributed by atoms with E-state index in [1.807, 2.05) is 0 Å². The standard InChI is InChI=1S/C17H22O3/c1-16(2)12-8-9-17(16,3)14(10-12)20-15(19)11-4-6-13(18)7-5-11/h4-7,12,14,18H,8-10H2,1-3H3/t12?,14?,17-/m0/s1. The highest BCUT2D eigenvalue weighted by Crippen LogP contribution is 2.66. The van der Waals surface area contributed by atoms with Gasteiger partial charge in [-0.05, 0) is 54.9 Å². The lowest BCUT2D eigenvalue weighted by Gasteiger charge is -2.38. The number of fused-ring (bicyclic) bond motifs is 2. The van der Waals surface area contributed by atoms with Crippen molar-refractivity contribution in [2.24, 2.45) is 16.7 Å². The molecule has 1 aromatic rings. The molecule has 0 aromatic heterocycles. The third-order valence-corrected chi connectivity index (χ3v) is 6.07. The molecule has 3 heteroatoms. The summed E-state index contributed by atoms with van der Waals surface area (Å²) < 4.78 is 5.79. The van der Waals surface area contributed by atoms with E-state index in [2.05, 4.69) is 20.8 Å². The molecule has 2 aliphatic carbocycles. The quantitative estimate of drug-likeness (QED) is 0.835. The Morgan fingerprint density at radius 1 is 1.25 bits per heavy atom. The second-order valence-electron chi connectivity index (χ2n) is 7.05. The first-order valence-corrected chi connectivity index (χ1v) is 7.34. The largest absolute Gasteiger partial charge is 0.508 e. The lowest BCUT2D eigenvalue weighted by Crippen LogP contribution is -2.38. The molecule has 2 unspecified atom stereocenters. The highest BCUT2D eigenvalue weighted by Gasteiger charge is 2.62. The van der Waals surface area contributed by atoms with Crippen molar-refractivity contribution in [2.75, 3.05) is 0 Å². The summed E-state index contributed by atoms with van der Waals surface area (Å²) in [4.78, 5) is 12.2. The van der Waals surface area contributed by atoms with Gasteiger partial charge in [0, 0.05) is 5.41 Å². The van der Waals surface area contributed by atoms with Crippen LogP contribution in [0.15, 0.2) is 24.3 Å². The Labute approximate surface area is 120 Å². The number of esters is 1. The van der Waals surface area contributed by atoms with E-state index in [4.69, 9.17) is 4.74 Å². The first-order valence-electron chi connectivity index (χ1n) is 7.34. The first-order chi connectivity index (χ1) is 9.34. The van der Waals surface area contributed by atoms with Gasteiger partial charge in [-0.3, -0.25) is 0 Å². The van der Waals surface area contributed by atoms with Crippen molar-refractivity contribution in [2.45, 2.75) is 46.1 Å². The Bertz CT molecular complexity index is 532. The van der Waals surface area contributed by atoms with Crippen molar-refractivity contribution in [1.82, 2.24) is 0 Å². The predicted molar refractivity (Wildman–Crippen MR) is 76.5 cm³/mol. The molecule has 108 valence electrons.